The van der Waals surface area contributed by atoms with Crippen molar-refractivity contribution in [2.45, 2.75) is 38.6 Å². The molecule has 7 heteroatoms. The topological polar surface area (TPSA) is 75.7 Å². The second-order valence-electron chi connectivity index (χ2n) is 6.96. The van der Waals surface area contributed by atoms with E-state index in [0.29, 0.717) is 30.1 Å². The largest absolute Gasteiger partial charge is 0.453 e. The minimum atomic E-state index is -3.71. The molecular formula is C20H24N2O4S. The van der Waals surface area contributed by atoms with Gasteiger partial charge in [-0.1, -0.05) is 23.8 Å². The van der Waals surface area contributed by atoms with Crippen molar-refractivity contribution >= 4 is 21.8 Å². The first-order valence-electron chi connectivity index (χ1n) is 8.76. The lowest BCUT2D eigenvalue weighted by molar-refractivity contribution is 0.118. The van der Waals surface area contributed by atoms with Crippen LogP contribution >= 0.6 is 0 Å². The number of ether oxygens (including phenoxy) is 1. The van der Waals surface area contributed by atoms with Gasteiger partial charge in [0.05, 0.1) is 12.0 Å². The van der Waals surface area contributed by atoms with E-state index >= 15 is 0 Å². The summed E-state index contributed by atoms with van der Waals surface area (Å²) in [5.41, 5.74) is 4.98. The number of sulfonamides is 1. The molecule has 3 rings (SSSR count). The molecule has 1 N–H and O–H groups in total. The third-order valence-corrected chi connectivity index (χ3v) is 6.46. The van der Waals surface area contributed by atoms with E-state index in [1.807, 2.05) is 25.1 Å². The summed E-state index contributed by atoms with van der Waals surface area (Å²) in [5.74, 6) is 0. The van der Waals surface area contributed by atoms with Gasteiger partial charge in [-0.2, -0.15) is 0 Å². The molecule has 6 nitrogen and oxygen atoms in total. The molecule has 2 aromatic rings. The number of methoxy groups -OCH3 is 1. The summed E-state index contributed by atoms with van der Waals surface area (Å²) in [5, 5.41) is 0. The Kier molecular flexibility index (Phi) is 5.15. The van der Waals surface area contributed by atoms with Gasteiger partial charge < -0.3 is 9.64 Å². The number of nitrogens with zero attached hydrogens (tertiary/aromatic N) is 1. The van der Waals surface area contributed by atoms with Crippen molar-refractivity contribution in [3.63, 3.8) is 0 Å². The summed E-state index contributed by atoms with van der Waals surface area (Å²) in [6, 6.07) is 9.20. The van der Waals surface area contributed by atoms with Crippen LogP contribution in [0.25, 0.3) is 0 Å². The van der Waals surface area contributed by atoms with Gasteiger partial charge in [0.15, 0.2) is 0 Å². The van der Waals surface area contributed by atoms with Crippen LogP contribution in [0.4, 0.5) is 10.5 Å². The molecule has 0 aromatic heterocycles. The fourth-order valence-corrected chi connectivity index (χ4v) is 5.21. The highest BCUT2D eigenvalue weighted by Crippen LogP contribution is 2.27. The Balaban J connectivity index is 1.90. The molecule has 0 saturated heterocycles. The maximum Gasteiger partial charge on any atom is 0.409 e. The first-order chi connectivity index (χ1) is 12.7. The number of hydrogen-bond donors (Lipinski definition) is 1. The molecule has 0 radical (unpaired) electrons. The van der Waals surface area contributed by atoms with Crippen molar-refractivity contribution in [2.24, 2.45) is 0 Å². The maximum atomic E-state index is 12.9. The monoisotopic (exact) mass is 388 g/mol. The van der Waals surface area contributed by atoms with Gasteiger partial charge >= 0.3 is 6.09 Å². The standard InChI is InChI=1S/C20H24N2O4S/c1-13-9-14(2)19(15(3)10-13)27(24,25)21-18-6-5-16-7-8-22(20(23)26-4)12-17(16)11-18/h5-6,9-11,21H,7-8,12H2,1-4H3. The number of anilines is 1. The average Bonchev–Trinajstić information content (AvgIpc) is 2.58. The molecule has 0 atom stereocenters. The molecule has 144 valence electrons. The molecule has 1 aliphatic rings. The number of aryl methyl sites for hydroxylation is 3. The van der Waals surface area contributed by atoms with Crippen LogP contribution in [-0.2, 0) is 27.7 Å². The fourth-order valence-electron chi connectivity index (χ4n) is 3.70. The van der Waals surface area contributed by atoms with Crippen LogP contribution in [-0.4, -0.2) is 33.1 Å². The van der Waals surface area contributed by atoms with Crippen molar-refractivity contribution in [1.29, 1.82) is 0 Å². The summed E-state index contributed by atoms with van der Waals surface area (Å²) in [6.45, 7) is 6.54. The van der Waals surface area contributed by atoms with E-state index in [9.17, 15) is 13.2 Å². The maximum absolute atomic E-state index is 12.9. The molecule has 1 heterocycles. The van der Waals surface area contributed by atoms with Crippen molar-refractivity contribution in [2.75, 3.05) is 18.4 Å². The lowest BCUT2D eigenvalue weighted by atomic mass is 9.99. The quantitative estimate of drug-likeness (QED) is 0.873. The fraction of sp³-hybridized carbons (Fsp3) is 0.350. The molecular weight excluding hydrogens is 364 g/mol. The van der Waals surface area contributed by atoms with Crippen LogP contribution in [0.1, 0.15) is 27.8 Å². The number of carbonyl (C=O) groups excluding carboxylic acids is 1. The van der Waals surface area contributed by atoms with Gasteiger partial charge in [0.25, 0.3) is 10.0 Å². The van der Waals surface area contributed by atoms with Crippen LogP contribution < -0.4 is 4.72 Å². The summed E-state index contributed by atoms with van der Waals surface area (Å²) < 4.78 is 33.4. The van der Waals surface area contributed by atoms with Crippen LogP contribution in [0.2, 0.25) is 0 Å². The zero-order valence-corrected chi connectivity index (χ0v) is 16.8. The van der Waals surface area contributed by atoms with Crippen LogP contribution in [0, 0.1) is 20.8 Å². The summed E-state index contributed by atoms with van der Waals surface area (Å²) >= 11 is 0. The number of hydrogen-bond acceptors (Lipinski definition) is 4. The molecule has 0 fully saturated rings. The van der Waals surface area contributed by atoms with E-state index in [1.165, 1.54) is 7.11 Å². The predicted molar refractivity (Wildman–Crippen MR) is 104 cm³/mol. The van der Waals surface area contributed by atoms with Crippen molar-refractivity contribution < 1.29 is 17.9 Å². The third-order valence-electron chi connectivity index (χ3n) is 4.78. The number of rotatable bonds is 3. The molecule has 1 amide bonds. The first-order valence-corrected chi connectivity index (χ1v) is 10.2. The number of nitrogens with one attached hydrogen (secondary N) is 1. The molecule has 0 unspecified atom stereocenters. The van der Waals surface area contributed by atoms with Crippen LogP contribution in [0.15, 0.2) is 35.2 Å². The zero-order chi connectivity index (χ0) is 19.8. The lowest BCUT2D eigenvalue weighted by Gasteiger charge is -2.28. The third kappa shape index (κ3) is 3.93. The van der Waals surface area contributed by atoms with Crippen molar-refractivity contribution in [1.82, 2.24) is 4.90 Å². The van der Waals surface area contributed by atoms with Gasteiger partial charge in [-0.05, 0) is 61.6 Å². The molecule has 0 spiro atoms. The van der Waals surface area contributed by atoms with Crippen molar-refractivity contribution in [3.05, 3.63) is 58.1 Å². The van der Waals surface area contributed by atoms with Gasteiger partial charge in [0, 0.05) is 18.8 Å². The Hall–Kier alpha value is -2.54. The van der Waals surface area contributed by atoms with E-state index in [2.05, 4.69) is 4.72 Å². The van der Waals surface area contributed by atoms with E-state index in [1.54, 1.807) is 30.9 Å². The second kappa shape index (κ2) is 7.23. The van der Waals surface area contributed by atoms with Crippen molar-refractivity contribution in [3.8, 4) is 0 Å². The van der Waals surface area contributed by atoms with Gasteiger partial charge in [-0.3, -0.25) is 4.72 Å². The van der Waals surface area contributed by atoms with Gasteiger partial charge in [-0.25, -0.2) is 13.2 Å². The minimum absolute atomic E-state index is 0.307. The molecule has 0 aliphatic carbocycles. The molecule has 2 aromatic carbocycles. The summed E-state index contributed by atoms with van der Waals surface area (Å²) in [4.78, 5) is 13.7. The Morgan fingerprint density at radius 3 is 2.37 bits per heavy atom. The SMILES string of the molecule is COC(=O)N1CCc2ccc(NS(=O)(=O)c3c(C)cc(C)cc3C)cc2C1. The van der Waals surface area contributed by atoms with E-state index < -0.39 is 10.0 Å². The highest BCUT2D eigenvalue weighted by molar-refractivity contribution is 7.92. The summed E-state index contributed by atoms with van der Waals surface area (Å²) in [7, 11) is -2.35. The summed E-state index contributed by atoms with van der Waals surface area (Å²) in [6.07, 6.45) is 0.339. The highest BCUT2D eigenvalue weighted by atomic mass is 32.2. The molecule has 27 heavy (non-hydrogen) atoms. The molecule has 0 saturated carbocycles. The highest BCUT2D eigenvalue weighted by Gasteiger charge is 2.23. The predicted octanol–water partition coefficient (Wildman–Crippen LogP) is 3.54. The number of carbonyl (C=O) groups is 1. The van der Waals surface area contributed by atoms with E-state index in [0.717, 1.165) is 27.8 Å². The minimum Gasteiger partial charge on any atom is -0.453 e. The van der Waals surface area contributed by atoms with Crippen LogP contribution in [0.3, 0.4) is 0 Å². The number of amides is 1. The Labute approximate surface area is 160 Å². The first kappa shape index (κ1) is 19.2. The van der Waals surface area contributed by atoms with Gasteiger partial charge in [-0.15, -0.1) is 0 Å². The molecule has 0 bridgehead atoms. The van der Waals surface area contributed by atoms with Crippen LogP contribution in [0.5, 0.6) is 0 Å². The van der Waals surface area contributed by atoms with Gasteiger partial charge in [0.2, 0.25) is 0 Å². The Bertz CT molecular complexity index is 976. The average molecular weight is 388 g/mol. The smallest absolute Gasteiger partial charge is 0.409 e. The number of benzene rings is 2. The Morgan fingerprint density at radius 1 is 1.07 bits per heavy atom. The molecule has 1 aliphatic heterocycles. The van der Waals surface area contributed by atoms with E-state index in [-0.39, 0.29) is 6.09 Å². The zero-order valence-electron chi connectivity index (χ0n) is 16.0. The Morgan fingerprint density at radius 2 is 1.74 bits per heavy atom. The number of fused-ring (bicyclic) bond motifs is 1. The van der Waals surface area contributed by atoms with E-state index in [4.69, 9.17) is 4.74 Å². The second-order valence-corrected chi connectivity index (χ2v) is 8.58. The lowest BCUT2D eigenvalue weighted by Crippen LogP contribution is -2.35. The van der Waals surface area contributed by atoms with Gasteiger partial charge in [0.1, 0.15) is 0 Å². The normalized spacial score (nSPS) is 13.9.